The molecule has 0 aromatic carbocycles. The van der Waals surface area contributed by atoms with Gasteiger partial charge in [0.1, 0.15) is 0 Å². The minimum atomic E-state index is -0.174. The van der Waals surface area contributed by atoms with E-state index in [0.29, 0.717) is 12.6 Å². The molecule has 0 aromatic rings. The summed E-state index contributed by atoms with van der Waals surface area (Å²) in [5, 5.41) is 12.9. The van der Waals surface area contributed by atoms with E-state index >= 15 is 0 Å². The third-order valence-corrected chi connectivity index (χ3v) is 3.15. The first-order chi connectivity index (χ1) is 6.85. The van der Waals surface area contributed by atoms with Crippen molar-refractivity contribution in [1.29, 1.82) is 0 Å². The highest BCUT2D eigenvalue weighted by Crippen LogP contribution is 2.21. The summed E-state index contributed by atoms with van der Waals surface area (Å²) in [6.45, 7) is 1.59. The Hall–Kier alpha value is -0.380. The van der Waals surface area contributed by atoms with Gasteiger partial charge in [0.25, 0.3) is 0 Å². The Kier molecular flexibility index (Phi) is 3.21. The van der Waals surface area contributed by atoms with E-state index in [2.05, 4.69) is 17.5 Å². The highest BCUT2D eigenvalue weighted by atomic mass is 16.5. The maximum atomic E-state index is 9.38. The quantitative estimate of drug-likeness (QED) is 0.659. The summed E-state index contributed by atoms with van der Waals surface area (Å²) >= 11 is 0. The summed E-state index contributed by atoms with van der Waals surface area (Å²) in [5.74, 6) is 0. The van der Waals surface area contributed by atoms with Crippen LogP contribution in [0.15, 0.2) is 12.2 Å². The molecule has 0 amide bonds. The first-order valence-corrected chi connectivity index (χ1v) is 5.48. The van der Waals surface area contributed by atoms with Gasteiger partial charge in [0.2, 0.25) is 0 Å². The fraction of sp³-hybridized carbons (Fsp3) is 0.818. The zero-order valence-corrected chi connectivity index (χ0v) is 8.54. The smallest absolute Gasteiger partial charge is 0.0677 e. The lowest BCUT2D eigenvalue weighted by atomic mass is 9.95. The van der Waals surface area contributed by atoms with Gasteiger partial charge in [-0.1, -0.05) is 12.2 Å². The van der Waals surface area contributed by atoms with Gasteiger partial charge in [-0.15, -0.1) is 0 Å². The largest absolute Gasteiger partial charge is 0.394 e. The number of aliphatic hydroxyl groups is 1. The molecule has 1 saturated heterocycles. The molecule has 1 heterocycles. The first kappa shape index (κ1) is 10.1. The molecule has 14 heavy (non-hydrogen) atoms. The summed E-state index contributed by atoms with van der Waals surface area (Å²) in [5.41, 5.74) is -0.174. The first-order valence-electron chi connectivity index (χ1n) is 5.48. The number of allylic oxidation sites excluding steroid dienone is 1. The molecular weight excluding hydrogens is 178 g/mol. The third-order valence-electron chi connectivity index (χ3n) is 3.15. The molecule has 1 aliphatic carbocycles. The predicted molar refractivity (Wildman–Crippen MR) is 55.2 cm³/mol. The van der Waals surface area contributed by atoms with Crippen molar-refractivity contribution in [3.8, 4) is 0 Å². The minimum Gasteiger partial charge on any atom is -0.394 e. The standard InChI is InChI=1S/C11H19NO2/c13-8-11(6-7-14-9-11)12-10-4-2-1-3-5-10/h2,4,10,12-13H,1,3,5-9H2. The fourth-order valence-electron chi connectivity index (χ4n) is 2.22. The Balaban J connectivity index is 1.93. The van der Waals surface area contributed by atoms with Gasteiger partial charge in [0.15, 0.2) is 0 Å². The van der Waals surface area contributed by atoms with Gasteiger partial charge in [-0.05, 0) is 25.7 Å². The molecule has 2 aliphatic rings. The Bertz CT molecular complexity index is 209. The van der Waals surface area contributed by atoms with E-state index < -0.39 is 0 Å². The maximum Gasteiger partial charge on any atom is 0.0677 e. The zero-order chi connectivity index (χ0) is 9.86. The molecule has 2 unspecified atom stereocenters. The Morgan fingerprint density at radius 2 is 2.50 bits per heavy atom. The van der Waals surface area contributed by atoms with E-state index in [1.807, 2.05) is 0 Å². The summed E-state index contributed by atoms with van der Waals surface area (Å²) in [7, 11) is 0. The molecule has 80 valence electrons. The number of aliphatic hydroxyl groups excluding tert-OH is 1. The van der Waals surface area contributed by atoms with E-state index in [-0.39, 0.29) is 12.1 Å². The van der Waals surface area contributed by atoms with Gasteiger partial charge in [-0.25, -0.2) is 0 Å². The second kappa shape index (κ2) is 4.43. The minimum absolute atomic E-state index is 0.174. The average Bonchev–Trinajstić information content (AvgIpc) is 2.69. The van der Waals surface area contributed by atoms with Gasteiger partial charge >= 0.3 is 0 Å². The SMILES string of the molecule is OCC1(NC2C=CCCC2)CCOC1. The Morgan fingerprint density at radius 1 is 1.57 bits per heavy atom. The molecule has 2 atom stereocenters. The van der Waals surface area contributed by atoms with E-state index in [1.165, 1.54) is 19.3 Å². The van der Waals surface area contributed by atoms with Crippen molar-refractivity contribution in [3.05, 3.63) is 12.2 Å². The summed E-state index contributed by atoms with van der Waals surface area (Å²) in [6.07, 6.45) is 8.99. The van der Waals surface area contributed by atoms with Crippen molar-refractivity contribution < 1.29 is 9.84 Å². The van der Waals surface area contributed by atoms with Crippen LogP contribution in [0.25, 0.3) is 0 Å². The maximum absolute atomic E-state index is 9.38. The monoisotopic (exact) mass is 197 g/mol. The lowest BCUT2D eigenvalue weighted by Crippen LogP contribution is -2.53. The van der Waals surface area contributed by atoms with Crippen LogP contribution in [0.1, 0.15) is 25.7 Å². The van der Waals surface area contributed by atoms with Crippen LogP contribution >= 0.6 is 0 Å². The van der Waals surface area contributed by atoms with Gasteiger partial charge < -0.3 is 15.2 Å². The van der Waals surface area contributed by atoms with Crippen LogP contribution in [0, 0.1) is 0 Å². The lowest BCUT2D eigenvalue weighted by Gasteiger charge is -2.31. The number of hydrogen-bond acceptors (Lipinski definition) is 3. The highest BCUT2D eigenvalue weighted by molar-refractivity contribution is 5.03. The van der Waals surface area contributed by atoms with Crippen molar-refractivity contribution >= 4 is 0 Å². The average molecular weight is 197 g/mol. The van der Waals surface area contributed by atoms with Crippen LogP contribution in [0.3, 0.4) is 0 Å². The molecule has 0 saturated carbocycles. The summed E-state index contributed by atoms with van der Waals surface area (Å²) in [6, 6.07) is 0.428. The molecule has 0 spiro atoms. The molecule has 3 nitrogen and oxygen atoms in total. The highest BCUT2D eigenvalue weighted by Gasteiger charge is 2.35. The van der Waals surface area contributed by atoms with Crippen molar-refractivity contribution in [2.45, 2.75) is 37.3 Å². The lowest BCUT2D eigenvalue weighted by molar-refractivity contribution is 0.115. The van der Waals surface area contributed by atoms with E-state index in [1.54, 1.807) is 0 Å². The van der Waals surface area contributed by atoms with E-state index in [0.717, 1.165) is 13.0 Å². The van der Waals surface area contributed by atoms with Crippen molar-refractivity contribution in [2.75, 3.05) is 19.8 Å². The Labute approximate surface area is 85.1 Å². The van der Waals surface area contributed by atoms with E-state index in [4.69, 9.17) is 4.74 Å². The van der Waals surface area contributed by atoms with Crippen LogP contribution in [0.4, 0.5) is 0 Å². The predicted octanol–water partition coefficient (Wildman–Crippen LogP) is 0.836. The van der Waals surface area contributed by atoms with Crippen molar-refractivity contribution in [2.24, 2.45) is 0 Å². The van der Waals surface area contributed by atoms with Crippen LogP contribution in [-0.4, -0.2) is 36.5 Å². The number of hydrogen-bond donors (Lipinski definition) is 2. The van der Waals surface area contributed by atoms with Gasteiger partial charge in [0, 0.05) is 12.6 Å². The van der Waals surface area contributed by atoms with E-state index in [9.17, 15) is 5.11 Å². The van der Waals surface area contributed by atoms with Crippen LogP contribution in [0.5, 0.6) is 0 Å². The second-order valence-electron chi connectivity index (χ2n) is 4.35. The molecular formula is C11H19NO2. The molecule has 1 aliphatic heterocycles. The van der Waals surface area contributed by atoms with Gasteiger partial charge in [-0.3, -0.25) is 0 Å². The van der Waals surface area contributed by atoms with Crippen LogP contribution < -0.4 is 5.32 Å². The molecule has 0 bridgehead atoms. The van der Waals surface area contributed by atoms with Crippen molar-refractivity contribution in [3.63, 3.8) is 0 Å². The zero-order valence-electron chi connectivity index (χ0n) is 8.54. The molecule has 2 N–H and O–H groups in total. The van der Waals surface area contributed by atoms with Gasteiger partial charge in [0.05, 0.1) is 18.8 Å². The second-order valence-corrected chi connectivity index (χ2v) is 4.35. The van der Waals surface area contributed by atoms with Gasteiger partial charge in [-0.2, -0.15) is 0 Å². The third kappa shape index (κ3) is 2.16. The van der Waals surface area contributed by atoms with Crippen LogP contribution in [-0.2, 0) is 4.74 Å². The topological polar surface area (TPSA) is 41.5 Å². The molecule has 3 heteroatoms. The number of rotatable bonds is 3. The summed E-state index contributed by atoms with van der Waals surface area (Å²) < 4.78 is 5.35. The Morgan fingerprint density at radius 3 is 3.07 bits per heavy atom. The fourth-order valence-corrected chi connectivity index (χ4v) is 2.22. The molecule has 2 rings (SSSR count). The molecule has 1 fully saturated rings. The van der Waals surface area contributed by atoms with Crippen molar-refractivity contribution in [1.82, 2.24) is 5.32 Å². The molecule has 0 aromatic heterocycles. The number of ether oxygens (including phenoxy) is 1. The normalized spacial score (nSPS) is 37.6. The number of nitrogens with one attached hydrogen (secondary N) is 1. The summed E-state index contributed by atoms with van der Waals surface area (Å²) in [4.78, 5) is 0. The molecule has 0 radical (unpaired) electrons. The van der Waals surface area contributed by atoms with Crippen LogP contribution in [0.2, 0.25) is 0 Å².